The molecule has 0 N–H and O–H groups in total. The number of aromatic nitrogens is 1. The highest BCUT2D eigenvalue weighted by atomic mass is 33.1. The van der Waals surface area contributed by atoms with E-state index in [1.54, 1.807) is 27.7 Å². The van der Waals surface area contributed by atoms with Crippen LogP contribution < -0.4 is 0 Å². The third kappa shape index (κ3) is 9.30. The number of unbranched alkanes of at least 4 members (excludes halogenated alkanes) is 8. The van der Waals surface area contributed by atoms with Crippen molar-refractivity contribution in [3.05, 3.63) is 34.2 Å². The van der Waals surface area contributed by atoms with Crippen molar-refractivity contribution in [1.29, 1.82) is 0 Å². The summed E-state index contributed by atoms with van der Waals surface area (Å²) in [5, 5.41) is 11.3. The molecule has 123 valence electrons. The Morgan fingerprint density at radius 1 is 1.14 bits per heavy atom. The van der Waals surface area contributed by atoms with Crippen molar-refractivity contribution >= 4 is 27.3 Å². The van der Waals surface area contributed by atoms with E-state index in [2.05, 4.69) is 17.7 Å². The molecule has 0 atom stereocenters. The number of nitro groups is 1. The summed E-state index contributed by atoms with van der Waals surface area (Å²) in [5.41, 5.74) is 0.0391. The van der Waals surface area contributed by atoms with Gasteiger partial charge in [-0.25, -0.2) is 4.98 Å². The Morgan fingerprint density at radius 2 is 1.82 bits per heavy atom. The summed E-state index contributed by atoms with van der Waals surface area (Å²) in [6.07, 6.45) is 13.1. The smallest absolute Gasteiger partial charge is 0.258 e. The van der Waals surface area contributed by atoms with Crippen LogP contribution in [0.3, 0.4) is 0 Å². The van der Waals surface area contributed by atoms with Crippen LogP contribution >= 0.6 is 21.6 Å². The van der Waals surface area contributed by atoms with E-state index in [4.69, 9.17) is 0 Å². The number of hydrogen-bond acceptors (Lipinski definition) is 5. The minimum absolute atomic E-state index is 0.0391. The van der Waals surface area contributed by atoms with Crippen molar-refractivity contribution in [2.24, 2.45) is 0 Å². The van der Waals surface area contributed by atoms with Crippen molar-refractivity contribution in [3.63, 3.8) is 0 Å². The first-order valence-corrected chi connectivity index (χ1v) is 10.2. The first-order valence-electron chi connectivity index (χ1n) is 7.99. The molecular formula is C16H25N2O2S2. The Kier molecular flexibility index (Phi) is 11.2. The first kappa shape index (κ1) is 19.3. The van der Waals surface area contributed by atoms with E-state index in [9.17, 15) is 10.1 Å². The van der Waals surface area contributed by atoms with Crippen molar-refractivity contribution in [2.75, 3.05) is 0 Å². The molecule has 0 aliphatic heterocycles. The summed E-state index contributed by atoms with van der Waals surface area (Å²) in [6, 6.07) is 3.19. The van der Waals surface area contributed by atoms with Crippen molar-refractivity contribution in [2.45, 2.75) is 69.7 Å². The Balaban J connectivity index is 1.94. The van der Waals surface area contributed by atoms with Crippen LogP contribution in [0.5, 0.6) is 0 Å². The van der Waals surface area contributed by atoms with Gasteiger partial charge in [0.25, 0.3) is 5.69 Å². The van der Waals surface area contributed by atoms with E-state index in [0.717, 1.165) is 11.4 Å². The van der Waals surface area contributed by atoms with Crippen LogP contribution in [0.15, 0.2) is 23.4 Å². The van der Waals surface area contributed by atoms with E-state index in [-0.39, 0.29) is 5.69 Å². The molecule has 0 bridgehead atoms. The second-order valence-electron chi connectivity index (χ2n) is 5.22. The highest BCUT2D eigenvalue weighted by Crippen LogP contribution is 2.33. The van der Waals surface area contributed by atoms with Gasteiger partial charge in [0, 0.05) is 11.8 Å². The molecule has 0 spiro atoms. The lowest BCUT2D eigenvalue weighted by atomic mass is 10.1. The zero-order valence-corrected chi connectivity index (χ0v) is 14.8. The van der Waals surface area contributed by atoms with Gasteiger partial charge in [-0.05, 0) is 23.3 Å². The molecule has 1 radical (unpaired) electrons. The van der Waals surface area contributed by atoms with Gasteiger partial charge < -0.3 is 0 Å². The van der Waals surface area contributed by atoms with Crippen molar-refractivity contribution in [3.8, 4) is 0 Å². The zero-order chi connectivity index (χ0) is 16.0. The minimum atomic E-state index is -0.428. The molecule has 4 nitrogen and oxygen atoms in total. The Hall–Kier alpha value is -0.750. The molecule has 0 aromatic carbocycles. The molecule has 0 amide bonds. The summed E-state index contributed by atoms with van der Waals surface area (Å²) in [7, 11) is 3.20. The molecule has 0 aliphatic rings. The summed E-state index contributed by atoms with van der Waals surface area (Å²) >= 11 is 0. The molecule has 0 fully saturated rings. The molecule has 1 heterocycles. The van der Waals surface area contributed by atoms with Crippen molar-refractivity contribution in [1.82, 2.24) is 4.98 Å². The monoisotopic (exact) mass is 341 g/mol. The maximum Gasteiger partial charge on any atom is 0.287 e. The topological polar surface area (TPSA) is 56.0 Å². The number of pyridine rings is 1. The largest absolute Gasteiger partial charge is 0.287 e. The van der Waals surface area contributed by atoms with Crippen molar-refractivity contribution < 1.29 is 4.92 Å². The van der Waals surface area contributed by atoms with E-state index in [0.29, 0.717) is 0 Å². The Bertz CT molecular complexity index is 413. The molecular weight excluding hydrogens is 316 g/mol. The van der Waals surface area contributed by atoms with Gasteiger partial charge in [-0.1, -0.05) is 69.1 Å². The van der Waals surface area contributed by atoms with Crippen LogP contribution in [0.2, 0.25) is 0 Å². The van der Waals surface area contributed by atoms with Crippen LogP contribution in [0.25, 0.3) is 0 Å². The first-order chi connectivity index (χ1) is 10.7. The molecule has 0 unspecified atom stereocenters. The lowest BCUT2D eigenvalue weighted by Crippen LogP contribution is -1.88. The fraction of sp³-hybridized carbons (Fsp3) is 0.625. The predicted molar refractivity (Wildman–Crippen MR) is 95.9 cm³/mol. The molecule has 22 heavy (non-hydrogen) atoms. The minimum Gasteiger partial charge on any atom is -0.258 e. The SMILES string of the molecule is CCCCCCCCCC[CH]SSc1ccc([N+](=O)[O-])cn1. The molecule has 1 aromatic rings. The second kappa shape index (κ2) is 12.8. The number of rotatable bonds is 13. The van der Waals surface area contributed by atoms with E-state index >= 15 is 0 Å². The number of hydrogen-bond donors (Lipinski definition) is 0. The zero-order valence-electron chi connectivity index (χ0n) is 13.2. The fourth-order valence-corrected chi connectivity index (χ4v) is 3.76. The normalized spacial score (nSPS) is 10.8. The van der Waals surface area contributed by atoms with E-state index in [1.165, 1.54) is 63.6 Å². The molecule has 0 saturated heterocycles. The van der Waals surface area contributed by atoms with Gasteiger partial charge in [0.05, 0.1) is 4.92 Å². The second-order valence-corrected chi connectivity index (χ2v) is 7.41. The van der Waals surface area contributed by atoms with Gasteiger partial charge in [-0.3, -0.25) is 10.1 Å². The standard InChI is InChI=1S/C16H25N2O2S2/c1-2-3-4-5-6-7-8-9-10-13-21-22-16-12-11-15(14-17-16)18(19)20/h11-14H,2-10H2,1H3. The molecule has 6 heteroatoms. The lowest BCUT2D eigenvalue weighted by Gasteiger charge is -2.02. The molecule has 1 aromatic heterocycles. The highest BCUT2D eigenvalue weighted by Gasteiger charge is 2.05. The van der Waals surface area contributed by atoms with Crippen LogP contribution in [0.1, 0.15) is 64.7 Å². The van der Waals surface area contributed by atoms with Crippen LogP contribution in [0, 0.1) is 15.9 Å². The van der Waals surface area contributed by atoms with Gasteiger partial charge >= 0.3 is 0 Å². The van der Waals surface area contributed by atoms with Gasteiger partial charge in [0.15, 0.2) is 0 Å². The third-order valence-corrected chi connectivity index (χ3v) is 5.40. The Morgan fingerprint density at radius 3 is 2.41 bits per heavy atom. The average Bonchev–Trinajstić information content (AvgIpc) is 2.53. The summed E-state index contributed by atoms with van der Waals surface area (Å²) < 4.78 is 0. The maximum atomic E-state index is 10.5. The summed E-state index contributed by atoms with van der Waals surface area (Å²) in [5.74, 6) is 2.20. The number of nitrogens with zero attached hydrogens (tertiary/aromatic N) is 2. The van der Waals surface area contributed by atoms with Gasteiger partial charge in [0.1, 0.15) is 11.2 Å². The van der Waals surface area contributed by atoms with Crippen LogP contribution in [-0.4, -0.2) is 9.91 Å². The van der Waals surface area contributed by atoms with E-state index in [1.807, 2.05) is 0 Å². The van der Waals surface area contributed by atoms with E-state index < -0.39 is 4.92 Å². The summed E-state index contributed by atoms with van der Waals surface area (Å²) in [6.45, 7) is 2.25. The van der Waals surface area contributed by atoms with Gasteiger partial charge in [-0.2, -0.15) is 0 Å². The quantitative estimate of drug-likeness (QED) is 0.179. The maximum absolute atomic E-state index is 10.5. The molecule has 0 aliphatic carbocycles. The third-order valence-electron chi connectivity index (χ3n) is 3.31. The lowest BCUT2D eigenvalue weighted by molar-refractivity contribution is -0.385. The van der Waals surface area contributed by atoms with Gasteiger partial charge in [0.2, 0.25) is 0 Å². The Labute approximate surface area is 141 Å². The van der Waals surface area contributed by atoms with Gasteiger partial charge in [-0.15, -0.1) is 0 Å². The fourth-order valence-electron chi connectivity index (χ4n) is 2.02. The molecule has 1 rings (SSSR count). The van der Waals surface area contributed by atoms with Crippen LogP contribution in [0.4, 0.5) is 5.69 Å². The highest BCUT2D eigenvalue weighted by molar-refractivity contribution is 8.77. The summed E-state index contributed by atoms with van der Waals surface area (Å²) in [4.78, 5) is 14.2. The average molecular weight is 342 g/mol. The molecule has 0 saturated carbocycles. The predicted octanol–water partition coefficient (Wildman–Crippen LogP) is 6.42. The van der Waals surface area contributed by atoms with Crippen LogP contribution in [-0.2, 0) is 0 Å².